The Morgan fingerprint density at radius 2 is 1.44 bits per heavy atom. The fourth-order valence-corrected chi connectivity index (χ4v) is 3.03. The lowest BCUT2D eigenvalue weighted by Crippen LogP contribution is -2.47. The molecule has 0 atom stereocenters. The SMILES string of the molecule is CCOC(=O)CC1=Cc2ccccc2C1(C(=O)OCC)C(=O)OCC. The molecule has 1 aliphatic carbocycles. The van der Waals surface area contributed by atoms with E-state index in [0.717, 1.165) is 0 Å². The van der Waals surface area contributed by atoms with Crippen molar-refractivity contribution in [2.75, 3.05) is 19.8 Å². The molecule has 1 aromatic carbocycles. The Bertz CT molecular complexity index is 686. The number of hydrogen-bond donors (Lipinski definition) is 0. The van der Waals surface area contributed by atoms with Crippen LogP contribution < -0.4 is 0 Å². The fourth-order valence-electron chi connectivity index (χ4n) is 3.03. The summed E-state index contributed by atoms with van der Waals surface area (Å²) in [7, 11) is 0. The first kappa shape index (κ1) is 18.7. The molecule has 1 aliphatic rings. The summed E-state index contributed by atoms with van der Waals surface area (Å²) in [6.45, 7) is 5.44. The van der Waals surface area contributed by atoms with E-state index in [1.165, 1.54) is 0 Å². The van der Waals surface area contributed by atoms with Gasteiger partial charge in [-0.25, -0.2) is 0 Å². The third-order valence-electron chi connectivity index (χ3n) is 3.98. The van der Waals surface area contributed by atoms with E-state index in [1.807, 2.05) is 0 Å². The summed E-state index contributed by atoms with van der Waals surface area (Å²) in [5, 5.41) is 0. The highest BCUT2D eigenvalue weighted by molar-refractivity contribution is 6.14. The molecule has 0 fully saturated rings. The molecular formula is C19H22O6. The average Bonchev–Trinajstić information content (AvgIpc) is 2.90. The van der Waals surface area contributed by atoms with Crippen LogP contribution in [-0.2, 0) is 34.0 Å². The van der Waals surface area contributed by atoms with Crippen LogP contribution in [0.25, 0.3) is 6.08 Å². The van der Waals surface area contributed by atoms with Crippen LogP contribution in [0, 0.1) is 0 Å². The van der Waals surface area contributed by atoms with Crippen molar-refractivity contribution in [1.29, 1.82) is 0 Å². The van der Waals surface area contributed by atoms with E-state index in [-0.39, 0.29) is 26.2 Å². The molecule has 0 saturated carbocycles. The van der Waals surface area contributed by atoms with Gasteiger partial charge in [-0.15, -0.1) is 0 Å². The van der Waals surface area contributed by atoms with E-state index in [0.29, 0.717) is 16.7 Å². The molecule has 0 amide bonds. The van der Waals surface area contributed by atoms with Crippen LogP contribution in [0.2, 0.25) is 0 Å². The zero-order valence-corrected chi connectivity index (χ0v) is 14.7. The predicted molar refractivity (Wildman–Crippen MR) is 90.6 cm³/mol. The molecule has 2 rings (SSSR count). The Kier molecular flexibility index (Phi) is 5.96. The van der Waals surface area contributed by atoms with Crippen LogP contribution in [-0.4, -0.2) is 37.7 Å². The van der Waals surface area contributed by atoms with E-state index in [9.17, 15) is 14.4 Å². The number of rotatable bonds is 7. The number of carbonyl (C=O) groups excluding carboxylic acids is 3. The molecular weight excluding hydrogens is 324 g/mol. The van der Waals surface area contributed by atoms with E-state index in [1.54, 1.807) is 51.1 Å². The van der Waals surface area contributed by atoms with Crippen LogP contribution >= 0.6 is 0 Å². The second-order valence-electron chi connectivity index (χ2n) is 5.43. The van der Waals surface area contributed by atoms with Gasteiger partial charge in [-0.3, -0.25) is 14.4 Å². The maximum absolute atomic E-state index is 12.9. The van der Waals surface area contributed by atoms with Crippen molar-refractivity contribution in [3.63, 3.8) is 0 Å². The standard InChI is InChI=1S/C19H22O6/c1-4-23-16(20)12-14-11-13-9-7-8-10-15(13)19(14,17(21)24-5-2)18(22)25-6-3/h7-11H,4-6,12H2,1-3H3. The highest BCUT2D eigenvalue weighted by Gasteiger charge is 2.57. The highest BCUT2D eigenvalue weighted by atomic mass is 16.6. The van der Waals surface area contributed by atoms with Gasteiger partial charge in [-0.1, -0.05) is 30.3 Å². The Hall–Kier alpha value is -2.63. The molecule has 0 spiro atoms. The van der Waals surface area contributed by atoms with E-state index in [2.05, 4.69) is 0 Å². The second kappa shape index (κ2) is 7.96. The zero-order chi connectivity index (χ0) is 18.4. The average molecular weight is 346 g/mol. The molecule has 0 aliphatic heterocycles. The van der Waals surface area contributed by atoms with Gasteiger partial charge in [0.15, 0.2) is 0 Å². The zero-order valence-electron chi connectivity index (χ0n) is 14.7. The van der Waals surface area contributed by atoms with Gasteiger partial charge in [0.05, 0.1) is 26.2 Å². The number of carbonyl (C=O) groups is 3. The lowest BCUT2D eigenvalue weighted by atomic mass is 9.76. The van der Waals surface area contributed by atoms with Crippen molar-refractivity contribution in [3.05, 3.63) is 41.0 Å². The third-order valence-corrected chi connectivity index (χ3v) is 3.98. The third kappa shape index (κ3) is 3.29. The predicted octanol–water partition coefficient (Wildman–Crippen LogP) is 2.40. The minimum absolute atomic E-state index is 0.106. The summed E-state index contributed by atoms with van der Waals surface area (Å²) < 4.78 is 15.4. The monoisotopic (exact) mass is 346 g/mol. The first-order valence-corrected chi connectivity index (χ1v) is 8.32. The molecule has 25 heavy (non-hydrogen) atoms. The maximum Gasteiger partial charge on any atom is 0.332 e. The second-order valence-corrected chi connectivity index (χ2v) is 5.43. The van der Waals surface area contributed by atoms with Gasteiger partial charge in [0.2, 0.25) is 5.41 Å². The summed E-state index contributed by atoms with van der Waals surface area (Å²) in [6, 6.07) is 6.98. The van der Waals surface area contributed by atoms with Gasteiger partial charge >= 0.3 is 17.9 Å². The van der Waals surface area contributed by atoms with Crippen LogP contribution in [0.4, 0.5) is 0 Å². The minimum atomic E-state index is -1.77. The Morgan fingerprint density at radius 1 is 0.880 bits per heavy atom. The Balaban J connectivity index is 2.60. The summed E-state index contributed by atoms with van der Waals surface area (Å²) in [5.41, 5.74) is -0.312. The molecule has 134 valence electrons. The topological polar surface area (TPSA) is 78.9 Å². The summed E-state index contributed by atoms with van der Waals surface area (Å²) in [5.74, 6) is -2.00. The molecule has 6 nitrogen and oxygen atoms in total. The van der Waals surface area contributed by atoms with Gasteiger partial charge < -0.3 is 14.2 Å². The quantitative estimate of drug-likeness (QED) is 0.428. The normalized spacial score (nSPS) is 14.3. The van der Waals surface area contributed by atoms with Gasteiger partial charge in [-0.2, -0.15) is 0 Å². The molecule has 0 bridgehead atoms. The number of fused-ring (bicyclic) bond motifs is 1. The van der Waals surface area contributed by atoms with Crippen molar-refractivity contribution < 1.29 is 28.6 Å². The summed E-state index contributed by atoms with van der Waals surface area (Å²) >= 11 is 0. The lowest BCUT2D eigenvalue weighted by Gasteiger charge is -2.29. The smallest absolute Gasteiger partial charge is 0.332 e. The van der Waals surface area contributed by atoms with Crippen LogP contribution in [0.5, 0.6) is 0 Å². The van der Waals surface area contributed by atoms with E-state index in [4.69, 9.17) is 14.2 Å². The van der Waals surface area contributed by atoms with E-state index < -0.39 is 23.3 Å². The van der Waals surface area contributed by atoms with Crippen molar-refractivity contribution in [2.45, 2.75) is 32.6 Å². The number of ether oxygens (including phenoxy) is 3. The number of benzene rings is 1. The summed E-state index contributed by atoms with van der Waals surface area (Å²) in [6.07, 6.45) is 1.47. The Labute approximate surface area is 146 Å². The molecule has 0 saturated heterocycles. The highest BCUT2D eigenvalue weighted by Crippen LogP contribution is 2.45. The van der Waals surface area contributed by atoms with Crippen LogP contribution in [0.1, 0.15) is 38.3 Å². The van der Waals surface area contributed by atoms with Crippen molar-refractivity contribution in [3.8, 4) is 0 Å². The minimum Gasteiger partial charge on any atom is -0.466 e. The Morgan fingerprint density at radius 3 is 2.00 bits per heavy atom. The van der Waals surface area contributed by atoms with Gasteiger partial charge in [0.25, 0.3) is 0 Å². The molecule has 0 radical (unpaired) electrons. The first-order valence-electron chi connectivity index (χ1n) is 8.32. The summed E-state index contributed by atoms with van der Waals surface area (Å²) in [4.78, 5) is 37.8. The maximum atomic E-state index is 12.9. The van der Waals surface area contributed by atoms with Crippen molar-refractivity contribution >= 4 is 24.0 Å². The molecule has 0 unspecified atom stereocenters. The molecule has 0 aromatic heterocycles. The van der Waals surface area contributed by atoms with E-state index >= 15 is 0 Å². The van der Waals surface area contributed by atoms with Crippen molar-refractivity contribution in [2.24, 2.45) is 0 Å². The lowest BCUT2D eigenvalue weighted by molar-refractivity contribution is -0.162. The van der Waals surface area contributed by atoms with Gasteiger partial charge in [-0.05, 0) is 37.5 Å². The number of hydrogen-bond acceptors (Lipinski definition) is 6. The van der Waals surface area contributed by atoms with Gasteiger partial charge in [0.1, 0.15) is 0 Å². The van der Waals surface area contributed by atoms with Crippen LogP contribution in [0.3, 0.4) is 0 Å². The fraction of sp³-hybridized carbons (Fsp3) is 0.421. The molecule has 0 N–H and O–H groups in total. The molecule has 0 heterocycles. The van der Waals surface area contributed by atoms with Crippen LogP contribution in [0.15, 0.2) is 29.8 Å². The van der Waals surface area contributed by atoms with Gasteiger partial charge in [0, 0.05) is 0 Å². The molecule has 1 aromatic rings. The largest absolute Gasteiger partial charge is 0.466 e. The number of esters is 3. The first-order chi connectivity index (χ1) is 12.0. The molecule has 6 heteroatoms. The van der Waals surface area contributed by atoms with Crippen molar-refractivity contribution in [1.82, 2.24) is 0 Å².